The molecule has 1 aliphatic heterocycles. The zero-order chi connectivity index (χ0) is 21.9. The molecule has 0 spiro atoms. The molecule has 0 radical (unpaired) electrons. The van der Waals surface area contributed by atoms with Gasteiger partial charge in [-0.3, -0.25) is 4.79 Å². The van der Waals surface area contributed by atoms with Crippen LogP contribution >= 0.6 is 11.3 Å². The van der Waals surface area contributed by atoms with Gasteiger partial charge in [-0.25, -0.2) is 4.98 Å². The predicted octanol–water partition coefficient (Wildman–Crippen LogP) is 4.85. The van der Waals surface area contributed by atoms with Crippen LogP contribution in [0.4, 0.5) is 10.8 Å². The molecule has 1 N–H and O–H groups in total. The van der Waals surface area contributed by atoms with Gasteiger partial charge in [0.1, 0.15) is 17.2 Å². The van der Waals surface area contributed by atoms with Crippen molar-refractivity contribution in [1.29, 1.82) is 0 Å². The van der Waals surface area contributed by atoms with E-state index in [4.69, 9.17) is 14.5 Å². The molecule has 1 aliphatic carbocycles. The molecule has 7 heteroatoms. The van der Waals surface area contributed by atoms with Gasteiger partial charge in [-0.1, -0.05) is 53.8 Å². The molecule has 5 rings (SSSR count). The van der Waals surface area contributed by atoms with Crippen LogP contribution in [0.25, 0.3) is 0 Å². The first kappa shape index (κ1) is 21.0. The number of ether oxygens (including phenoxy) is 2. The lowest BCUT2D eigenvalue weighted by Crippen LogP contribution is -2.41. The van der Waals surface area contributed by atoms with Crippen LogP contribution in [0, 0.1) is 6.92 Å². The molecule has 6 nitrogen and oxygen atoms in total. The first-order valence-corrected chi connectivity index (χ1v) is 11.9. The van der Waals surface area contributed by atoms with Crippen LogP contribution in [0.1, 0.15) is 40.2 Å². The van der Waals surface area contributed by atoms with E-state index in [1.807, 2.05) is 49.4 Å². The second-order valence-corrected chi connectivity index (χ2v) is 9.20. The third kappa shape index (κ3) is 4.36. The van der Waals surface area contributed by atoms with Crippen molar-refractivity contribution >= 4 is 28.1 Å². The van der Waals surface area contributed by atoms with Gasteiger partial charge in [0.2, 0.25) is 0 Å². The number of amides is 1. The molecule has 2 aliphatic rings. The maximum absolute atomic E-state index is 13.1. The Labute approximate surface area is 192 Å². The quantitative estimate of drug-likeness (QED) is 0.583. The number of hydrogen-bond acceptors (Lipinski definition) is 6. The van der Waals surface area contributed by atoms with Crippen molar-refractivity contribution in [3.05, 3.63) is 70.7 Å². The second-order valence-electron chi connectivity index (χ2n) is 8.22. The van der Waals surface area contributed by atoms with Crippen molar-refractivity contribution in [1.82, 2.24) is 10.3 Å². The summed E-state index contributed by atoms with van der Waals surface area (Å²) in [6, 6.07) is 18.1. The Bertz CT molecular complexity index is 1090. The minimum absolute atomic E-state index is 0.0280. The van der Waals surface area contributed by atoms with E-state index >= 15 is 0 Å². The fraction of sp³-hybridized carbons (Fsp3) is 0.360. The SMILES string of the molecule is Cc1nc(N2CCOc3ccccc32)sc1C(=O)N[C@H]1CCC[C@@H]1OCc1ccccc1. The molecule has 3 aromatic rings. The lowest BCUT2D eigenvalue weighted by molar-refractivity contribution is 0.0272. The maximum atomic E-state index is 13.1. The number of fused-ring (bicyclic) bond motifs is 1. The first-order valence-electron chi connectivity index (χ1n) is 11.1. The Morgan fingerprint density at radius 2 is 2.00 bits per heavy atom. The lowest BCUT2D eigenvalue weighted by atomic mass is 10.2. The summed E-state index contributed by atoms with van der Waals surface area (Å²) in [5.41, 5.74) is 2.90. The number of thiazole rings is 1. The van der Waals surface area contributed by atoms with Gasteiger partial charge >= 0.3 is 0 Å². The molecular weight excluding hydrogens is 422 g/mol. The third-order valence-electron chi connectivity index (χ3n) is 6.03. The van der Waals surface area contributed by atoms with Crippen LogP contribution < -0.4 is 15.0 Å². The summed E-state index contributed by atoms with van der Waals surface area (Å²) in [6.07, 6.45) is 3.00. The van der Waals surface area contributed by atoms with Crippen molar-refractivity contribution in [2.75, 3.05) is 18.1 Å². The fourth-order valence-corrected chi connectivity index (χ4v) is 5.39. The number of anilines is 2. The number of rotatable bonds is 6. The fourth-order valence-electron chi connectivity index (χ4n) is 4.38. The number of aromatic nitrogens is 1. The van der Waals surface area contributed by atoms with Crippen molar-refractivity contribution < 1.29 is 14.3 Å². The number of para-hydroxylation sites is 2. The summed E-state index contributed by atoms with van der Waals surface area (Å²) in [6.45, 7) is 3.78. The molecule has 2 aromatic carbocycles. The summed E-state index contributed by atoms with van der Waals surface area (Å²) < 4.78 is 11.9. The van der Waals surface area contributed by atoms with Gasteiger partial charge in [0.05, 0.1) is 36.7 Å². The van der Waals surface area contributed by atoms with Crippen molar-refractivity contribution in [2.24, 2.45) is 0 Å². The molecule has 1 aromatic heterocycles. The van der Waals surface area contributed by atoms with Gasteiger partial charge < -0.3 is 19.7 Å². The number of benzene rings is 2. The number of aryl methyl sites for hydroxylation is 1. The van der Waals surface area contributed by atoms with Crippen LogP contribution in [0.15, 0.2) is 54.6 Å². The third-order valence-corrected chi connectivity index (χ3v) is 7.21. The van der Waals surface area contributed by atoms with Crippen LogP contribution in [-0.2, 0) is 11.3 Å². The van der Waals surface area contributed by atoms with Crippen LogP contribution in [0.2, 0.25) is 0 Å². The first-order chi connectivity index (χ1) is 15.7. The summed E-state index contributed by atoms with van der Waals surface area (Å²) in [4.78, 5) is 20.7. The highest BCUT2D eigenvalue weighted by molar-refractivity contribution is 7.17. The molecule has 166 valence electrons. The van der Waals surface area contributed by atoms with E-state index in [0.717, 1.165) is 47.1 Å². The van der Waals surface area contributed by atoms with E-state index in [1.54, 1.807) is 0 Å². The van der Waals surface area contributed by atoms with E-state index in [-0.39, 0.29) is 18.1 Å². The molecular formula is C25H27N3O3S. The van der Waals surface area contributed by atoms with E-state index in [0.29, 0.717) is 24.6 Å². The zero-order valence-corrected chi connectivity index (χ0v) is 18.9. The largest absolute Gasteiger partial charge is 0.490 e. The molecule has 1 saturated carbocycles. The molecule has 0 unspecified atom stereocenters. The minimum Gasteiger partial charge on any atom is -0.490 e. The maximum Gasteiger partial charge on any atom is 0.263 e. The Balaban J connectivity index is 1.27. The molecule has 0 saturated heterocycles. The average molecular weight is 450 g/mol. The van der Waals surface area contributed by atoms with Gasteiger partial charge in [0.15, 0.2) is 5.13 Å². The highest BCUT2D eigenvalue weighted by Gasteiger charge is 2.31. The molecule has 1 fully saturated rings. The van der Waals surface area contributed by atoms with Gasteiger partial charge in [-0.15, -0.1) is 0 Å². The van der Waals surface area contributed by atoms with Gasteiger partial charge in [0.25, 0.3) is 5.91 Å². The Kier molecular flexibility index (Phi) is 6.10. The van der Waals surface area contributed by atoms with Crippen LogP contribution in [-0.4, -0.2) is 36.2 Å². The predicted molar refractivity (Wildman–Crippen MR) is 126 cm³/mol. The normalized spacial score (nSPS) is 20.0. The van der Waals surface area contributed by atoms with Gasteiger partial charge in [-0.2, -0.15) is 0 Å². The zero-order valence-electron chi connectivity index (χ0n) is 18.1. The van der Waals surface area contributed by atoms with Crippen LogP contribution in [0.5, 0.6) is 5.75 Å². The van der Waals surface area contributed by atoms with Crippen molar-refractivity contribution in [2.45, 2.75) is 44.9 Å². The van der Waals surface area contributed by atoms with E-state index in [1.165, 1.54) is 11.3 Å². The van der Waals surface area contributed by atoms with Gasteiger partial charge in [-0.05, 0) is 43.9 Å². The molecule has 1 amide bonds. The second kappa shape index (κ2) is 9.30. The monoisotopic (exact) mass is 449 g/mol. The Hall–Kier alpha value is -2.90. The molecule has 32 heavy (non-hydrogen) atoms. The number of carbonyl (C=O) groups excluding carboxylic acids is 1. The van der Waals surface area contributed by atoms with E-state index in [2.05, 4.69) is 22.3 Å². The summed E-state index contributed by atoms with van der Waals surface area (Å²) in [7, 11) is 0. The number of nitrogens with one attached hydrogen (secondary N) is 1. The standard InChI is InChI=1S/C25H27N3O3S/c1-17-23(32-25(26-17)28-14-15-30-22-12-6-5-11-20(22)28)24(29)27-19-10-7-13-21(19)31-16-18-8-3-2-4-9-18/h2-6,8-9,11-12,19,21H,7,10,13-16H2,1H3,(H,27,29)/t19-,21-/m0/s1. The highest BCUT2D eigenvalue weighted by Crippen LogP contribution is 2.39. The summed E-state index contributed by atoms with van der Waals surface area (Å²) in [5, 5.41) is 4.05. The number of nitrogens with zero attached hydrogens (tertiary/aromatic N) is 2. The van der Waals surface area contributed by atoms with Crippen LogP contribution in [0.3, 0.4) is 0 Å². The van der Waals surface area contributed by atoms with E-state index < -0.39 is 0 Å². The molecule has 2 atom stereocenters. The lowest BCUT2D eigenvalue weighted by Gasteiger charge is -2.28. The Morgan fingerprint density at radius 1 is 1.19 bits per heavy atom. The van der Waals surface area contributed by atoms with E-state index in [9.17, 15) is 4.79 Å². The number of carbonyl (C=O) groups is 1. The highest BCUT2D eigenvalue weighted by atomic mass is 32.1. The smallest absolute Gasteiger partial charge is 0.263 e. The average Bonchev–Trinajstić information content (AvgIpc) is 3.44. The van der Waals surface area contributed by atoms with Gasteiger partial charge in [0, 0.05) is 0 Å². The topological polar surface area (TPSA) is 63.7 Å². The molecule has 0 bridgehead atoms. The van der Waals surface area contributed by atoms with Crippen molar-refractivity contribution in [3.8, 4) is 5.75 Å². The minimum atomic E-state index is -0.0620. The van der Waals surface area contributed by atoms with Crippen molar-refractivity contribution in [3.63, 3.8) is 0 Å². The summed E-state index contributed by atoms with van der Waals surface area (Å²) in [5.74, 6) is 0.787. The summed E-state index contributed by atoms with van der Waals surface area (Å²) >= 11 is 1.44. The molecule has 2 heterocycles. The number of hydrogen-bond donors (Lipinski definition) is 1. The Morgan fingerprint density at radius 3 is 2.88 bits per heavy atom.